The van der Waals surface area contributed by atoms with Gasteiger partial charge in [0.25, 0.3) is 0 Å². The minimum absolute atomic E-state index is 0.0832. The van der Waals surface area contributed by atoms with Crippen LogP contribution in [-0.2, 0) is 14.2 Å². The largest absolute Gasteiger partial charge is 0.452 e. The van der Waals surface area contributed by atoms with Gasteiger partial charge in [0.2, 0.25) is 0 Å². The van der Waals surface area contributed by atoms with Gasteiger partial charge in [0.1, 0.15) is 0 Å². The molecule has 2 fully saturated rings. The summed E-state index contributed by atoms with van der Waals surface area (Å²) in [5.41, 5.74) is 1.64. The highest BCUT2D eigenvalue weighted by molar-refractivity contribution is 5.88. The molecule has 2 aliphatic rings. The molecule has 0 aliphatic carbocycles. The van der Waals surface area contributed by atoms with Crippen LogP contribution in [0.25, 0.3) is 0 Å². The Kier molecular flexibility index (Phi) is 4.47. The third-order valence-corrected chi connectivity index (χ3v) is 3.78. The van der Waals surface area contributed by atoms with Crippen LogP contribution < -0.4 is 9.80 Å². The molecule has 7 heteroatoms. The number of methoxy groups -OCH3 is 1. The van der Waals surface area contributed by atoms with Crippen LogP contribution in [-0.4, -0.2) is 63.6 Å². The van der Waals surface area contributed by atoms with Gasteiger partial charge in [0, 0.05) is 17.9 Å². The molecular weight excluding hydrogens is 288 g/mol. The molecule has 0 spiro atoms. The second-order valence-electron chi connectivity index (χ2n) is 5.30. The Hall–Kier alpha value is -1.83. The summed E-state index contributed by atoms with van der Waals surface area (Å²) in [5, 5.41) is 9.95. The quantitative estimate of drug-likeness (QED) is 0.830. The van der Waals surface area contributed by atoms with Gasteiger partial charge in [-0.25, -0.2) is 4.79 Å². The molecular formula is C15H20N2O5. The highest BCUT2D eigenvalue weighted by Crippen LogP contribution is 2.25. The van der Waals surface area contributed by atoms with E-state index in [1.807, 2.05) is 29.2 Å². The maximum absolute atomic E-state index is 11.9. The van der Waals surface area contributed by atoms with Crippen LogP contribution in [0.4, 0.5) is 16.2 Å². The van der Waals surface area contributed by atoms with Gasteiger partial charge in [-0.15, -0.1) is 0 Å². The van der Waals surface area contributed by atoms with Gasteiger partial charge in [0.05, 0.1) is 39.6 Å². The molecule has 3 rings (SSSR count). The van der Waals surface area contributed by atoms with E-state index in [1.165, 1.54) is 7.11 Å². The number of nitrogens with zero attached hydrogens (tertiary/aromatic N) is 2. The number of carbonyl (C=O) groups excluding carboxylic acids is 1. The number of amides is 1. The summed E-state index contributed by atoms with van der Waals surface area (Å²) < 4.78 is 15.2. The van der Waals surface area contributed by atoms with Crippen molar-refractivity contribution in [1.82, 2.24) is 0 Å². The molecule has 2 saturated heterocycles. The monoisotopic (exact) mass is 308 g/mol. The first kappa shape index (κ1) is 15.1. The fraction of sp³-hybridized carbons (Fsp3) is 0.533. The van der Waals surface area contributed by atoms with Crippen LogP contribution >= 0.6 is 0 Å². The SMILES string of the molecule is COC(=O)N(CC1CO1)c1ccc(N2CCOCC2O)cc1. The molecule has 0 saturated carbocycles. The van der Waals surface area contributed by atoms with E-state index in [0.29, 0.717) is 32.9 Å². The van der Waals surface area contributed by atoms with Crippen molar-refractivity contribution >= 4 is 17.5 Å². The van der Waals surface area contributed by atoms with Crippen molar-refractivity contribution in [1.29, 1.82) is 0 Å². The fourth-order valence-electron chi connectivity index (χ4n) is 2.49. The first-order valence-corrected chi connectivity index (χ1v) is 7.28. The van der Waals surface area contributed by atoms with Crippen LogP contribution in [0.3, 0.4) is 0 Å². The molecule has 22 heavy (non-hydrogen) atoms. The maximum Gasteiger partial charge on any atom is 0.414 e. The van der Waals surface area contributed by atoms with Gasteiger partial charge in [-0.05, 0) is 24.3 Å². The maximum atomic E-state index is 11.9. The standard InChI is InChI=1S/C15H20N2O5/c1-20-15(19)17(8-13-9-22-13)12-4-2-11(3-5-12)16-6-7-21-10-14(16)18/h2-5,13-14,18H,6-10H2,1H3. The lowest BCUT2D eigenvalue weighted by Gasteiger charge is -2.34. The number of benzene rings is 1. The van der Waals surface area contributed by atoms with E-state index in [-0.39, 0.29) is 6.10 Å². The average molecular weight is 308 g/mol. The van der Waals surface area contributed by atoms with Crippen molar-refractivity contribution in [3.63, 3.8) is 0 Å². The number of epoxide rings is 1. The minimum atomic E-state index is -0.642. The van der Waals surface area contributed by atoms with Crippen molar-refractivity contribution in [2.75, 3.05) is 49.8 Å². The molecule has 2 atom stereocenters. The lowest BCUT2D eigenvalue weighted by atomic mass is 10.2. The van der Waals surface area contributed by atoms with E-state index in [2.05, 4.69) is 0 Å². The Morgan fingerprint density at radius 3 is 2.73 bits per heavy atom. The second-order valence-corrected chi connectivity index (χ2v) is 5.30. The molecule has 120 valence electrons. The lowest BCUT2D eigenvalue weighted by molar-refractivity contribution is 0.00633. The molecule has 2 aliphatic heterocycles. The highest BCUT2D eigenvalue weighted by Gasteiger charge is 2.29. The van der Waals surface area contributed by atoms with E-state index < -0.39 is 12.3 Å². The van der Waals surface area contributed by atoms with Gasteiger partial charge in [-0.1, -0.05) is 0 Å². The molecule has 0 aromatic heterocycles. The van der Waals surface area contributed by atoms with Crippen molar-refractivity contribution < 1.29 is 24.1 Å². The number of hydrogen-bond donors (Lipinski definition) is 1. The van der Waals surface area contributed by atoms with Crippen LogP contribution in [0.5, 0.6) is 0 Å². The van der Waals surface area contributed by atoms with Crippen LogP contribution in [0.1, 0.15) is 0 Å². The summed E-state index contributed by atoms with van der Waals surface area (Å²) in [7, 11) is 1.36. The highest BCUT2D eigenvalue weighted by atomic mass is 16.6. The Morgan fingerprint density at radius 1 is 1.41 bits per heavy atom. The van der Waals surface area contributed by atoms with Crippen molar-refractivity contribution in [2.24, 2.45) is 0 Å². The van der Waals surface area contributed by atoms with Crippen LogP contribution in [0, 0.1) is 0 Å². The third kappa shape index (κ3) is 3.32. The van der Waals surface area contributed by atoms with Gasteiger partial charge >= 0.3 is 6.09 Å². The molecule has 1 aromatic carbocycles. The second kappa shape index (κ2) is 6.51. The van der Waals surface area contributed by atoms with Crippen molar-refractivity contribution in [3.8, 4) is 0 Å². The topological polar surface area (TPSA) is 74.8 Å². The van der Waals surface area contributed by atoms with Gasteiger partial charge < -0.3 is 24.2 Å². The van der Waals surface area contributed by atoms with Gasteiger partial charge in [-0.2, -0.15) is 0 Å². The molecule has 7 nitrogen and oxygen atoms in total. The first-order valence-electron chi connectivity index (χ1n) is 7.28. The lowest BCUT2D eigenvalue weighted by Crippen LogP contribution is -2.45. The molecule has 0 radical (unpaired) electrons. The molecule has 0 bridgehead atoms. The van der Waals surface area contributed by atoms with E-state index in [9.17, 15) is 9.90 Å². The van der Waals surface area contributed by atoms with E-state index in [4.69, 9.17) is 14.2 Å². The number of anilines is 2. The average Bonchev–Trinajstić information content (AvgIpc) is 3.37. The van der Waals surface area contributed by atoms with Crippen LogP contribution in [0.2, 0.25) is 0 Å². The molecule has 1 N–H and O–H groups in total. The summed E-state index contributed by atoms with van der Waals surface area (Å²) in [5.74, 6) is 0. The number of aliphatic hydroxyl groups is 1. The third-order valence-electron chi connectivity index (χ3n) is 3.78. The Bertz CT molecular complexity index is 517. The predicted molar refractivity (Wildman–Crippen MR) is 80.1 cm³/mol. The molecule has 2 heterocycles. The summed E-state index contributed by atoms with van der Waals surface area (Å²) in [6.45, 7) is 2.68. The minimum Gasteiger partial charge on any atom is -0.452 e. The molecule has 1 aromatic rings. The van der Waals surface area contributed by atoms with Crippen LogP contribution in [0.15, 0.2) is 24.3 Å². The van der Waals surface area contributed by atoms with Crippen molar-refractivity contribution in [3.05, 3.63) is 24.3 Å². The number of rotatable bonds is 4. The number of hydrogen-bond acceptors (Lipinski definition) is 6. The van der Waals surface area contributed by atoms with E-state index >= 15 is 0 Å². The molecule has 1 amide bonds. The number of ether oxygens (including phenoxy) is 3. The normalized spacial score (nSPS) is 24.0. The zero-order chi connectivity index (χ0) is 15.5. The smallest absolute Gasteiger partial charge is 0.414 e. The summed E-state index contributed by atoms with van der Waals surface area (Å²) in [6, 6.07) is 7.45. The predicted octanol–water partition coefficient (Wildman–Crippen LogP) is 0.813. The summed E-state index contributed by atoms with van der Waals surface area (Å²) >= 11 is 0. The zero-order valence-electron chi connectivity index (χ0n) is 12.5. The first-order chi connectivity index (χ1) is 10.7. The van der Waals surface area contributed by atoms with Gasteiger partial charge in [-0.3, -0.25) is 4.90 Å². The Balaban J connectivity index is 1.74. The Labute approximate surface area is 129 Å². The zero-order valence-corrected chi connectivity index (χ0v) is 12.5. The summed E-state index contributed by atoms with van der Waals surface area (Å²) in [4.78, 5) is 15.3. The Morgan fingerprint density at radius 2 is 2.14 bits per heavy atom. The number of aliphatic hydroxyl groups excluding tert-OH is 1. The molecule has 2 unspecified atom stereocenters. The van der Waals surface area contributed by atoms with E-state index in [0.717, 1.165) is 11.4 Å². The van der Waals surface area contributed by atoms with Gasteiger partial charge in [0.15, 0.2) is 6.23 Å². The fourth-order valence-corrected chi connectivity index (χ4v) is 2.49. The number of morpholine rings is 1. The summed E-state index contributed by atoms with van der Waals surface area (Å²) in [6.07, 6.45) is -0.967. The van der Waals surface area contributed by atoms with E-state index in [1.54, 1.807) is 4.90 Å². The number of carbonyl (C=O) groups is 1. The van der Waals surface area contributed by atoms with Crippen molar-refractivity contribution in [2.45, 2.75) is 12.3 Å².